The summed E-state index contributed by atoms with van der Waals surface area (Å²) < 4.78 is 59.6. The van der Waals surface area contributed by atoms with E-state index in [4.69, 9.17) is 11.6 Å². The lowest BCUT2D eigenvalue weighted by molar-refractivity contribution is -0.138. The van der Waals surface area contributed by atoms with Crippen LogP contribution >= 0.6 is 22.9 Å². The summed E-state index contributed by atoms with van der Waals surface area (Å²) in [7, 11) is -3.88. The third kappa shape index (κ3) is 3.29. The van der Waals surface area contributed by atoms with E-state index in [0.29, 0.717) is 0 Å². The fourth-order valence-electron chi connectivity index (χ4n) is 0.920. The number of hydrogen-bond donors (Lipinski definition) is 0. The molecule has 0 aromatic carbocycles. The number of halogens is 4. The molecule has 10 heteroatoms. The smallest absolute Gasteiger partial charge is 0.221 e. The Morgan fingerprint density at radius 2 is 2.00 bits per heavy atom. The Labute approximate surface area is 105 Å². The molecular formula is C7H8ClF3N2O2S2. The summed E-state index contributed by atoms with van der Waals surface area (Å²) in [5.41, 5.74) is 0. The van der Waals surface area contributed by atoms with Crippen molar-refractivity contribution >= 4 is 32.8 Å². The molecule has 0 N–H and O–H groups in total. The number of aromatic nitrogens is 2. The van der Waals surface area contributed by atoms with Crippen LogP contribution in [-0.4, -0.2) is 29.7 Å². The number of rotatable bonds is 4. The molecule has 1 rings (SSSR count). The fourth-order valence-corrected chi connectivity index (χ4v) is 3.94. The Morgan fingerprint density at radius 1 is 1.41 bits per heavy atom. The second-order valence-corrected chi connectivity index (χ2v) is 7.10. The van der Waals surface area contributed by atoms with Crippen molar-refractivity contribution in [3.63, 3.8) is 0 Å². The van der Waals surface area contributed by atoms with Crippen molar-refractivity contribution in [3.8, 4) is 0 Å². The molecule has 0 saturated heterocycles. The molecule has 0 fully saturated rings. The molecule has 1 atom stereocenters. The van der Waals surface area contributed by atoms with Crippen LogP contribution in [0.15, 0.2) is 4.34 Å². The third-order valence-corrected chi connectivity index (χ3v) is 5.73. The number of nitrogens with zero attached hydrogens (tertiary/aromatic N) is 2. The Bertz CT molecular complexity index is 486. The first kappa shape index (κ1) is 14.7. The Kier molecular flexibility index (Phi) is 4.37. The van der Waals surface area contributed by atoms with Crippen LogP contribution in [0, 0.1) is 0 Å². The lowest BCUT2D eigenvalue weighted by Crippen LogP contribution is -2.18. The number of hydrogen-bond acceptors (Lipinski definition) is 5. The molecule has 0 aliphatic rings. The maximum atomic E-state index is 12.2. The number of alkyl halides is 4. The third-order valence-electron chi connectivity index (χ3n) is 1.94. The highest BCUT2D eigenvalue weighted by molar-refractivity contribution is 7.93. The van der Waals surface area contributed by atoms with Crippen molar-refractivity contribution in [1.29, 1.82) is 0 Å². The maximum Gasteiger partial charge on any atom is 0.445 e. The second kappa shape index (κ2) is 5.07. The van der Waals surface area contributed by atoms with Crippen molar-refractivity contribution in [1.82, 2.24) is 10.2 Å². The van der Waals surface area contributed by atoms with E-state index in [9.17, 15) is 21.6 Å². The molecule has 1 unspecified atom stereocenters. The first-order valence-corrected chi connectivity index (χ1v) is 7.30. The van der Waals surface area contributed by atoms with Crippen LogP contribution in [0.3, 0.4) is 0 Å². The highest BCUT2D eigenvalue weighted by Crippen LogP contribution is 2.33. The molecular weight excluding hydrogens is 301 g/mol. The molecule has 1 heterocycles. The quantitative estimate of drug-likeness (QED) is 0.801. The molecule has 4 nitrogen and oxygen atoms in total. The highest BCUT2D eigenvalue weighted by atomic mass is 35.5. The lowest BCUT2D eigenvalue weighted by atomic mass is 10.4. The van der Waals surface area contributed by atoms with Gasteiger partial charge >= 0.3 is 6.18 Å². The fraction of sp³-hybridized carbons (Fsp3) is 0.714. The summed E-state index contributed by atoms with van der Waals surface area (Å²) in [5, 5.41) is 3.75. The lowest BCUT2D eigenvalue weighted by Gasteiger charge is -2.07. The Morgan fingerprint density at radius 3 is 2.41 bits per heavy atom. The van der Waals surface area contributed by atoms with Crippen LogP contribution in [0.25, 0.3) is 0 Å². The van der Waals surface area contributed by atoms with Gasteiger partial charge in [0.1, 0.15) is 0 Å². The molecule has 0 bridgehead atoms. The van der Waals surface area contributed by atoms with Crippen LogP contribution in [0.1, 0.15) is 18.4 Å². The van der Waals surface area contributed by atoms with E-state index in [1.165, 1.54) is 6.92 Å². The van der Waals surface area contributed by atoms with Gasteiger partial charge in [-0.3, -0.25) is 0 Å². The Hall–Kier alpha value is -0.410. The molecule has 0 spiro atoms. The molecule has 0 saturated carbocycles. The van der Waals surface area contributed by atoms with E-state index in [-0.39, 0.29) is 23.6 Å². The standard InChI is InChI=1S/C7H8ClF3N2O2S2/c1-4(2-3-8)17(14,15)6-13-12-5(16-6)7(9,10)11/h4H,2-3H2,1H3. The van der Waals surface area contributed by atoms with Gasteiger partial charge < -0.3 is 0 Å². The van der Waals surface area contributed by atoms with Crippen molar-refractivity contribution in [2.75, 3.05) is 5.88 Å². The van der Waals surface area contributed by atoms with E-state index in [1.54, 1.807) is 0 Å². The summed E-state index contributed by atoms with van der Waals surface area (Å²) in [6.45, 7) is 1.37. The van der Waals surface area contributed by atoms with E-state index in [1.807, 2.05) is 0 Å². The second-order valence-electron chi connectivity index (χ2n) is 3.20. The molecule has 0 amide bonds. The van der Waals surface area contributed by atoms with Gasteiger partial charge in [0.2, 0.25) is 19.2 Å². The van der Waals surface area contributed by atoms with Crippen molar-refractivity contribution in [2.24, 2.45) is 0 Å². The zero-order valence-corrected chi connectivity index (χ0v) is 10.9. The maximum absolute atomic E-state index is 12.2. The SMILES string of the molecule is CC(CCCl)S(=O)(=O)c1nnc(C(F)(F)F)s1. The molecule has 1 aromatic rings. The van der Waals surface area contributed by atoms with Gasteiger partial charge in [-0.05, 0) is 13.3 Å². The molecule has 0 aliphatic carbocycles. The molecule has 0 radical (unpaired) electrons. The number of sulfone groups is 1. The topological polar surface area (TPSA) is 59.9 Å². The van der Waals surface area contributed by atoms with Crippen molar-refractivity contribution < 1.29 is 21.6 Å². The molecule has 1 aromatic heterocycles. The van der Waals surface area contributed by atoms with Crippen LogP contribution < -0.4 is 0 Å². The first-order chi connectivity index (χ1) is 7.69. The van der Waals surface area contributed by atoms with E-state index >= 15 is 0 Å². The van der Waals surface area contributed by atoms with Gasteiger partial charge in [0.15, 0.2) is 0 Å². The van der Waals surface area contributed by atoms with Gasteiger partial charge in [0.25, 0.3) is 0 Å². The summed E-state index contributed by atoms with van der Waals surface area (Å²) in [6.07, 6.45) is -4.54. The summed E-state index contributed by atoms with van der Waals surface area (Å²) in [6, 6.07) is 0. The predicted octanol–water partition coefficient (Wildman–Crippen LogP) is 2.35. The van der Waals surface area contributed by atoms with Gasteiger partial charge in [-0.25, -0.2) is 8.42 Å². The van der Waals surface area contributed by atoms with E-state index < -0.39 is 30.6 Å². The zero-order chi connectivity index (χ0) is 13.3. The minimum absolute atomic E-state index is 0.0227. The van der Waals surface area contributed by atoms with Gasteiger partial charge in [-0.15, -0.1) is 21.8 Å². The average molecular weight is 309 g/mol. The van der Waals surface area contributed by atoms with Gasteiger partial charge in [-0.1, -0.05) is 11.3 Å². The van der Waals surface area contributed by atoms with Crippen LogP contribution in [0.4, 0.5) is 13.2 Å². The first-order valence-electron chi connectivity index (χ1n) is 4.40. The van der Waals surface area contributed by atoms with Crippen LogP contribution in [-0.2, 0) is 16.0 Å². The molecule has 17 heavy (non-hydrogen) atoms. The Balaban J connectivity index is 3.05. The summed E-state index contributed by atoms with van der Waals surface area (Å²) in [5.74, 6) is 0.103. The monoisotopic (exact) mass is 308 g/mol. The highest BCUT2D eigenvalue weighted by Gasteiger charge is 2.38. The van der Waals surface area contributed by atoms with Crippen molar-refractivity contribution in [2.45, 2.75) is 29.1 Å². The van der Waals surface area contributed by atoms with Gasteiger partial charge in [0.05, 0.1) is 5.25 Å². The largest absolute Gasteiger partial charge is 0.445 e. The minimum Gasteiger partial charge on any atom is -0.221 e. The van der Waals surface area contributed by atoms with Crippen LogP contribution in [0.2, 0.25) is 0 Å². The molecule has 0 aliphatic heterocycles. The van der Waals surface area contributed by atoms with Gasteiger partial charge in [-0.2, -0.15) is 13.2 Å². The zero-order valence-electron chi connectivity index (χ0n) is 8.53. The van der Waals surface area contributed by atoms with Gasteiger partial charge in [0, 0.05) is 5.88 Å². The van der Waals surface area contributed by atoms with Crippen LogP contribution in [0.5, 0.6) is 0 Å². The summed E-state index contributed by atoms with van der Waals surface area (Å²) in [4.78, 5) is 0. The average Bonchev–Trinajstić information content (AvgIpc) is 2.66. The summed E-state index contributed by atoms with van der Waals surface area (Å²) >= 11 is 5.41. The normalized spacial score (nSPS) is 14.9. The molecule has 98 valence electrons. The minimum atomic E-state index is -4.68. The van der Waals surface area contributed by atoms with Crippen molar-refractivity contribution in [3.05, 3.63) is 5.01 Å². The van der Waals surface area contributed by atoms with E-state index in [2.05, 4.69) is 10.2 Å². The van der Waals surface area contributed by atoms with E-state index in [0.717, 1.165) is 0 Å². The predicted molar refractivity (Wildman–Crippen MR) is 56.9 cm³/mol.